The summed E-state index contributed by atoms with van der Waals surface area (Å²) in [5.41, 5.74) is 0. The van der Waals surface area contributed by atoms with Gasteiger partial charge in [0.2, 0.25) is 0 Å². The highest BCUT2D eigenvalue weighted by Gasteiger charge is 2.26. The van der Waals surface area contributed by atoms with Crippen molar-refractivity contribution in [3.05, 3.63) is 23.4 Å². The lowest BCUT2D eigenvalue weighted by Crippen LogP contribution is -2.47. The van der Waals surface area contributed by atoms with Crippen molar-refractivity contribution < 1.29 is 5.11 Å². The molecule has 1 aliphatic carbocycles. The summed E-state index contributed by atoms with van der Waals surface area (Å²) in [7, 11) is 1.77. The van der Waals surface area contributed by atoms with Crippen molar-refractivity contribution >= 4 is 23.4 Å². The standard InChI is InChI=1S/C19H30ClN5O/c1-21-19(23-12-17(26)14-6-3-2-4-7-14)24-15-9-11-25(13-15)18-16(20)8-5-10-22-18/h5,8,10,14-15,17,26H,2-4,6-7,9,11-13H2,1H3,(H2,21,23,24). The van der Waals surface area contributed by atoms with E-state index in [0.29, 0.717) is 17.5 Å². The number of hydrogen-bond acceptors (Lipinski definition) is 4. The average molecular weight is 380 g/mol. The van der Waals surface area contributed by atoms with Gasteiger partial charge < -0.3 is 20.6 Å². The Balaban J connectivity index is 1.46. The van der Waals surface area contributed by atoms with Crippen LogP contribution in [-0.4, -0.2) is 54.9 Å². The summed E-state index contributed by atoms with van der Waals surface area (Å²) >= 11 is 6.25. The van der Waals surface area contributed by atoms with Gasteiger partial charge in [0.05, 0.1) is 11.1 Å². The number of rotatable bonds is 5. The van der Waals surface area contributed by atoms with Crippen molar-refractivity contribution in [2.45, 2.75) is 50.7 Å². The number of pyridine rings is 1. The van der Waals surface area contributed by atoms with E-state index >= 15 is 0 Å². The Hall–Kier alpha value is -1.53. The predicted molar refractivity (Wildman–Crippen MR) is 107 cm³/mol. The fourth-order valence-electron chi connectivity index (χ4n) is 3.96. The van der Waals surface area contributed by atoms with Gasteiger partial charge in [0.25, 0.3) is 0 Å². The van der Waals surface area contributed by atoms with Crippen LogP contribution in [0.15, 0.2) is 23.3 Å². The molecular formula is C19H30ClN5O. The van der Waals surface area contributed by atoms with Gasteiger partial charge in [0.15, 0.2) is 5.96 Å². The molecule has 1 aliphatic heterocycles. The Kier molecular flexibility index (Phi) is 6.97. The maximum Gasteiger partial charge on any atom is 0.191 e. The lowest BCUT2D eigenvalue weighted by molar-refractivity contribution is 0.0879. The molecule has 2 atom stereocenters. The molecule has 144 valence electrons. The van der Waals surface area contributed by atoms with Crippen LogP contribution in [0.5, 0.6) is 0 Å². The van der Waals surface area contributed by atoms with Crippen LogP contribution in [0.1, 0.15) is 38.5 Å². The molecule has 2 unspecified atom stereocenters. The van der Waals surface area contributed by atoms with E-state index in [1.807, 2.05) is 12.1 Å². The number of aromatic nitrogens is 1. The summed E-state index contributed by atoms with van der Waals surface area (Å²) in [6.07, 6.45) is 8.52. The zero-order valence-electron chi connectivity index (χ0n) is 15.5. The van der Waals surface area contributed by atoms with Gasteiger partial charge in [-0.2, -0.15) is 0 Å². The molecule has 2 aliphatic rings. The van der Waals surface area contributed by atoms with Crippen LogP contribution in [0.2, 0.25) is 5.02 Å². The van der Waals surface area contributed by atoms with Gasteiger partial charge in [-0.05, 0) is 37.3 Å². The van der Waals surface area contributed by atoms with Gasteiger partial charge >= 0.3 is 0 Å². The highest BCUT2D eigenvalue weighted by atomic mass is 35.5. The summed E-state index contributed by atoms with van der Waals surface area (Å²) < 4.78 is 0. The predicted octanol–water partition coefficient (Wildman–Crippen LogP) is 2.42. The van der Waals surface area contributed by atoms with Crippen LogP contribution < -0.4 is 15.5 Å². The molecule has 2 heterocycles. The van der Waals surface area contributed by atoms with Crippen molar-refractivity contribution in [3.63, 3.8) is 0 Å². The third-order valence-electron chi connectivity index (χ3n) is 5.46. The largest absolute Gasteiger partial charge is 0.391 e. The highest BCUT2D eigenvalue weighted by Crippen LogP contribution is 2.27. The molecule has 6 nitrogen and oxygen atoms in total. The number of guanidine groups is 1. The first-order valence-electron chi connectivity index (χ1n) is 9.68. The maximum atomic E-state index is 10.4. The maximum absolute atomic E-state index is 10.4. The molecule has 0 aromatic carbocycles. The van der Waals surface area contributed by atoms with Crippen molar-refractivity contribution in [3.8, 4) is 0 Å². The zero-order valence-corrected chi connectivity index (χ0v) is 16.3. The number of aliphatic hydroxyl groups excluding tert-OH is 1. The fraction of sp³-hybridized carbons (Fsp3) is 0.684. The Morgan fingerprint density at radius 2 is 2.19 bits per heavy atom. The quantitative estimate of drug-likeness (QED) is 0.541. The molecule has 3 N–H and O–H groups in total. The third kappa shape index (κ3) is 5.01. The summed E-state index contributed by atoms with van der Waals surface area (Å²) in [6.45, 7) is 2.30. The SMILES string of the molecule is CN=C(NCC(O)C1CCCCC1)NC1CCN(c2ncccc2Cl)C1. The topological polar surface area (TPSA) is 72.8 Å². The fourth-order valence-corrected chi connectivity index (χ4v) is 4.20. The van der Waals surface area contributed by atoms with E-state index in [4.69, 9.17) is 11.6 Å². The first-order chi connectivity index (χ1) is 12.7. The summed E-state index contributed by atoms with van der Waals surface area (Å²) in [5.74, 6) is 2.01. The number of aliphatic imine (C=N–C) groups is 1. The van der Waals surface area contributed by atoms with Crippen molar-refractivity contribution in [1.29, 1.82) is 0 Å². The lowest BCUT2D eigenvalue weighted by Gasteiger charge is -2.27. The molecule has 7 heteroatoms. The van der Waals surface area contributed by atoms with E-state index in [-0.39, 0.29) is 12.1 Å². The molecule has 1 aromatic rings. The molecule has 0 amide bonds. The second kappa shape index (κ2) is 9.42. The van der Waals surface area contributed by atoms with Crippen molar-refractivity contribution in [2.24, 2.45) is 10.9 Å². The number of anilines is 1. The summed E-state index contributed by atoms with van der Waals surface area (Å²) in [4.78, 5) is 10.9. The Bertz CT molecular complexity index is 605. The number of nitrogens with zero attached hydrogens (tertiary/aromatic N) is 3. The van der Waals surface area contributed by atoms with Crippen LogP contribution in [-0.2, 0) is 0 Å². The summed E-state index contributed by atoms with van der Waals surface area (Å²) in [6, 6.07) is 4.00. The van der Waals surface area contributed by atoms with Crippen LogP contribution >= 0.6 is 11.6 Å². The minimum absolute atomic E-state index is 0.283. The second-order valence-corrected chi connectivity index (χ2v) is 7.71. The average Bonchev–Trinajstić information content (AvgIpc) is 3.14. The van der Waals surface area contributed by atoms with E-state index < -0.39 is 0 Å². The van der Waals surface area contributed by atoms with Gasteiger partial charge in [0, 0.05) is 38.9 Å². The minimum atomic E-state index is -0.304. The molecule has 1 saturated heterocycles. The number of nitrogens with one attached hydrogen (secondary N) is 2. The van der Waals surface area contributed by atoms with Crippen LogP contribution in [0.25, 0.3) is 0 Å². The second-order valence-electron chi connectivity index (χ2n) is 7.30. The van der Waals surface area contributed by atoms with Gasteiger partial charge in [-0.1, -0.05) is 30.9 Å². The van der Waals surface area contributed by atoms with Gasteiger partial charge in [-0.3, -0.25) is 4.99 Å². The van der Waals surface area contributed by atoms with Crippen LogP contribution in [0.3, 0.4) is 0 Å². The smallest absolute Gasteiger partial charge is 0.191 e. The number of hydrogen-bond donors (Lipinski definition) is 3. The van der Waals surface area contributed by atoms with Gasteiger partial charge in [-0.15, -0.1) is 0 Å². The van der Waals surface area contributed by atoms with Gasteiger partial charge in [0.1, 0.15) is 5.82 Å². The van der Waals surface area contributed by atoms with E-state index in [2.05, 4.69) is 25.5 Å². The zero-order chi connectivity index (χ0) is 18.4. The molecule has 26 heavy (non-hydrogen) atoms. The van der Waals surface area contributed by atoms with Crippen LogP contribution in [0, 0.1) is 5.92 Å². The molecule has 0 radical (unpaired) electrons. The van der Waals surface area contributed by atoms with Crippen LogP contribution in [0.4, 0.5) is 5.82 Å². The molecule has 2 fully saturated rings. The number of halogens is 1. The molecule has 1 saturated carbocycles. The van der Waals surface area contributed by atoms with Crippen molar-refractivity contribution in [2.75, 3.05) is 31.6 Å². The Labute approximate surface area is 161 Å². The molecule has 0 bridgehead atoms. The Morgan fingerprint density at radius 1 is 1.38 bits per heavy atom. The van der Waals surface area contributed by atoms with E-state index in [9.17, 15) is 5.11 Å². The Morgan fingerprint density at radius 3 is 2.92 bits per heavy atom. The minimum Gasteiger partial charge on any atom is -0.391 e. The normalized spacial score (nSPS) is 23.1. The number of aliphatic hydroxyl groups is 1. The highest BCUT2D eigenvalue weighted by molar-refractivity contribution is 6.32. The lowest BCUT2D eigenvalue weighted by atomic mass is 9.85. The van der Waals surface area contributed by atoms with Crippen molar-refractivity contribution in [1.82, 2.24) is 15.6 Å². The first kappa shape index (κ1) is 19.2. The van der Waals surface area contributed by atoms with Gasteiger partial charge in [-0.25, -0.2) is 4.98 Å². The van der Waals surface area contributed by atoms with E-state index in [0.717, 1.165) is 44.1 Å². The van der Waals surface area contributed by atoms with E-state index in [1.54, 1.807) is 13.2 Å². The first-order valence-corrected chi connectivity index (χ1v) is 10.1. The molecule has 3 rings (SSSR count). The molecular weight excluding hydrogens is 350 g/mol. The summed E-state index contributed by atoms with van der Waals surface area (Å²) in [5, 5.41) is 17.9. The van der Waals surface area contributed by atoms with E-state index in [1.165, 1.54) is 19.3 Å². The third-order valence-corrected chi connectivity index (χ3v) is 5.76. The molecule has 1 aromatic heterocycles. The molecule has 0 spiro atoms. The monoisotopic (exact) mass is 379 g/mol.